The van der Waals surface area contributed by atoms with Crippen molar-refractivity contribution in [1.29, 1.82) is 0 Å². The van der Waals surface area contributed by atoms with Crippen LogP contribution < -0.4 is 0 Å². The first-order valence-electron chi connectivity index (χ1n) is 5.63. The number of aromatic nitrogens is 4. The zero-order valence-electron chi connectivity index (χ0n) is 10.3. The Morgan fingerprint density at radius 3 is 2.44 bits per heavy atom. The Morgan fingerprint density at radius 1 is 1.17 bits per heavy atom. The average molecular weight is 312 g/mol. The summed E-state index contributed by atoms with van der Waals surface area (Å²) in [4.78, 5) is 10.5. The molecule has 6 nitrogen and oxygen atoms in total. The van der Waals surface area contributed by atoms with E-state index in [1.54, 1.807) is 12.4 Å². The van der Waals surface area contributed by atoms with E-state index in [0.29, 0.717) is 24.9 Å². The lowest BCUT2D eigenvalue weighted by molar-refractivity contribution is 0.271. The fraction of sp³-hybridized carbons (Fsp3) is 0.455. The lowest BCUT2D eigenvalue weighted by Crippen LogP contribution is -2.19. The van der Waals surface area contributed by atoms with Crippen molar-refractivity contribution in [3.05, 3.63) is 34.5 Å². The highest BCUT2D eigenvalue weighted by atomic mass is 79.9. The Kier molecular flexibility index (Phi) is 4.38. The van der Waals surface area contributed by atoms with Crippen molar-refractivity contribution in [1.82, 2.24) is 25.1 Å². The second kappa shape index (κ2) is 6.01. The average Bonchev–Trinajstić information content (AvgIpc) is 2.79. The van der Waals surface area contributed by atoms with Crippen molar-refractivity contribution < 1.29 is 4.42 Å². The highest BCUT2D eigenvalue weighted by Crippen LogP contribution is 2.08. The van der Waals surface area contributed by atoms with Gasteiger partial charge in [-0.25, -0.2) is 9.97 Å². The van der Waals surface area contributed by atoms with E-state index in [9.17, 15) is 0 Å². The molecule has 0 saturated carbocycles. The van der Waals surface area contributed by atoms with E-state index in [1.807, 2.05) is 18.9 Å². The minimum absolute atomic E-state index is 0.590. The fourth-order valence-corrected chi connectivity index (χ4v) is 1.65. The van der Waals surface area contributed by atoms with E-state index in [-0.39, 0.29) is 0 Å². The lowest BCUT2D eigenvalue weighted by Gasteiger charge is -2.12. The highest BCUT2D eigenvalue weighted by Gasteiger charge is 2.09. The normalized spacial score (nSPS) is 11.1. The van der Waals surface area contributed by atoms with Gasteiger partial charge in [0.25, 0.3) is 0 Å². The second-order valence-electron chi connectivity index (χ2n) is 3.93. The van der Waals surface area contributed by atoms with Gasteiger partial charge in [-0.15, -0.1) is 10.2 Å². The van der Waals surface area contributed by atoms with Gasteiger partial charge in [-0.05, 0) is 23.0 Å². The number of hydrogen-bond donors (Lipinski definition) is 0. The summed E-state index contributed by atoms with van der Waals surface area (Å²) in [5, 5.41) is 7.90. The van der Waals surface area contributed by atoms with Crippen LogP contribution in [-0.2, 0) is 19.5 Å². The topological polar surface area (TPSA) is 67.9 Å². The van der Waals surface area contributed by atoms with Crippen LogP contribution in [0.4, 0.5) is 0 Å². The molecular weight excluding hydrogens is 298 g/mol. The molecule has 0 amide bonds. The summed E-state index contributed by atoms with van der Waals surface area (Å²) >= 11 is 3.30. The largest absolute Gasteiger partial charge is 0.424 e. The van der Waals surface area contributed by atoms with Gasteiger partial charge in [0.15, 0.2) is 0 Å². The van der Waals surface area contributed by atoms with Gasteiger partial charge in [-0.3, -0.25) is 4.90 Å². The summed E-state index contributed by atoms with van der Waals surface area (Å²) < 4.78 is 6.32. The maximum absolute atomic E-state index is 5.45. The third kappa shape index (κ3) is 3.58. The molecule has 18 heavy (non-hydrogen) atoms. The van der Waals surface area contributed by atoms with Gasteiger partial charge in [-0.2, -0.15) is 0 Å². The molecule has 96 valence electrons. The first-order chi connectivity index (χ1) is 8.67. The quantitative estimate of drug-likeness (QED) is 0.839. The molecule has 0 aromatic carbocycles. The van der Waals surface area contributed by atoms with E-state index in [1.165, 1.54) is 0 Å². The Bertz CT molecular complexity index is 498. The Morgan fingerprint density at radius 2 is 1.83 bits per heavy atom. The van der Waals surface area contributed by atoms with Gasteiger partial charge in [-0.1, -0.05) is 6.92 Å². The van der Waals surface area contributed by atoms with Crippen molar-refractivity contribution in [3.63, 3.8) is 0 Å². The van der Waals surface area contributed by atoms with Crippen LogP contribution in [0.25, 0.3) is 0 Å². The first-order valence-corrected chi connectivity index (χ1v) is 6.43. The number of nitrogens with zero attached hydrogens (tertiary/aromatic N) is 5. The minimum atomic E-state index is 0.590. The van der Waals surface area contributed by atoms with Gasteiger partial charge in [0.2, 0.25) is 11.8 Å². The van der Waals surface area contributed by atoms with Crippen LogP contribution in [0.5, 0.6) is 0 Å². The SMILES string of the molecule is CCc1nnc(CN(C)Cc2ncc(Br)cn2)o1. The van der Waals surface area contributed by atoms with Crippen molar-refractivity contribution in [2.24, 2.45) is 0 Å². The molecule has 0 radical (unpaired) electrons. The molecule has 0 spiro atoms. The minimum Gasteiger partial charge on any atom is -0.424 e. The van der Waals surface area contributed by atoms with E-state index in [0.717, 1.165) is 16.7 Å². The van der Waals surface area contributed by atoms with Gasteiger partial charge in [0, 0.05) is 18.8 Å². The van der Waals surface area contributed by atoms with Crippen LogP contribution in [0.2, 0.25) is 0 Å². The molecule has 7 heteroatoms. The van der Waals surface area contributed by atoms with Crippen molar-refractivity contribution in [3.8, 4) is 0 Å². The third-order valence-corrected chi connectivity index (χ3v) is 2.71. The van der Waals surface area contributed by atoms with E-state index in [2.05, 4.69) is 36.1 Å². The van der Waals surface area contributed by atoms with Gasteiger partial charge in [0.1, 0.15) is 5.82 Å². The number of hydrogen-bond acceptors (Lipinski definition) is 6. The summed E-state index contributed by atoms with van der Waals surface area (Å²) in [6.45, 7) is 3.21. The number of rotatable bonds is 5. The third-order valence-electron chi connectivity index (χ3n) is 2.30. The summed E-state index contributed by atoms with van der Waals surface area (Å²) in [5.41, 5.74) is 0. The van der Waals surface area contributed by atoms with Crippen molar-refractivity contribution in [2.45, 2.75) is 26.4 Å². The molecule has 0 atom stereocenters. The molecule has 2 aromatic rings. The van der Waals surface area contributed by atoms with Gasteiger partial charge in [0.05, 0.1) is 17.6 Å². The Hall–Kier alpha value is -1.34. The Labute approximate surface area is 114 Å². The Balaban J connectivity index is 1.91. The van der Waals surface area contributed by atoms with E-state index >= 15 is 0 Å². The molecule has 2 heterocycles. The van der Waals surface area contributed by atoms with Gasteiger partial charge >= 0.3 is 0 Å². The first kappa shape index (κ1) is 13.1. The predicted octanol–water partition coefficient (Wildman–Crippen LogP) is 1.82. The predicted molar refractivity (Wildman–Crippen MR) is 68.6 cm³/mol. The molecule has 0 unspecified atom stereocenters. The standard InChI is InChI=1S/C11H14BrN5O/c1-3-10-15-16-11(18-10)7-17(2)6-9-13-4-8(12)5-14-9/h4-5H,3,6-7H2,1-2H3. The zero-order chi connectivity index (χ0) is 13.0. The van der Waals surface area contributed by atoms with Crippen LogP contribution in [0.15, 0.2) is 21.3 Å². The smallest absolute Gasteiger partial charge is 0.230 e. The van der Waals surface area contributed by atoms with Crippen LogP contribution in [0.1, 0.15) is 24.5 Å². The summed E-state index contributed by atoms with van der Waals surface area (Å²) in [6, 6.07) is 0. The zero-order valence-corrected chi connectivity index (χ0v) is 11.9. The molecule has 0 bridgehead atoms. The molecule has 0 aliphatic heterocycles. The summed E-state index contributed by atoms with van der Waals surface area (Å²) in [7, 11) is 1.96. The van der Waals surface area contributed by atoms with Crippen LogP contribution in [-0.4, -0.2) is 32.1 Å². The van der Waals surface area contributed by atoms with E-state index < -0.39 is 0 Å². The van der Waals surface area contributed by atoms with Crippen LogP contribution in [0, 0.1) is 0 Å². The fourth-order valence-electron chi connectivity index (χ4n) is 1.44. The van der Waals surface area contributed by atoms with Gasteiger partial charge < -0.3 is 4.42 Å². The van der Waals surface area contributed by atoms with Crippen LogP contribution in [0.3, 0.4) is 0 Å². The highest BCUT2D eigenvalue weighted by molar-refractivity contribution is 9.10. The molecule has 2 rings (SSSR count). The van der Waals surface area contributed by atoms with E-state index in [4.69, 9.17) is 4.42 Å². The maximum Gasteiger partial charge on any atom is 0.230 e. The lowest BCUT2D eigenvalue weighted by atomic mass is 10.4. The molecule has 0 saturated heterocycles. The number of aryl methyl sites for hydroxylation is 1. The molecule has 0 aliphatic rings. The number of halogens is 1. The van der Waals surface area contributed by atoms with Crippen LogP contribution >= 0.6 is 15.9 Å². The molecular formula is C11H14BrN5O. The monoisotopic (exact) mass is 311 g/mol. The summed E-state index contributed by atoms with van der Waals surface area (Å²) in [5.74, 6) is 2.04. The molecule has 0 N–H and O–H groups in total. The van der Waals surface area contributed by atoms with Crippen molar-refractivity contribution in [2.75, 3.05) is 7.05 Å². The summed E-state index contributed by atoms with van der Waals surface area (Å²) in [6.07, 6.45) is 4.22. The maximum atomic E-state index is 5.45. The molecule has 2 aromatic heterocycles. The molecule has 0 aliphatic carbocycles. The molecule has 0 fully saturated rings. The van der Waals surface area contributed by atoms with Crippen molar-refractivity contribution >= 4 is 15.9 Å². The second-order valence-corrected chi connectivity index (χ2v) is 4.85.